The number of carbonyl (C=O) groups is 4. The molecule has 18 nitrogen and oxygen atoms in total. The third kappa shape index (κ3) is 9.57. The van der Waals surface area contributed by atoms with Crippen molar-refractivity contribution in [3.63, 3.8) is 0 Å². The molecule has 0 aromatic heterocycles. The van der Waals surface area contributed by atoms with E-state index in [-0.39, 0.29) is 60.2 Å². The lowest BCUT2D eigenvalue weighted by molar-refractivity contribution is -0.385. The van der Waals surface area contributed by atoms with Gasteiger partial charge in [-0.2, -0.15) is 0 Å². The number of nitro groups is 2. The van der Waals surface area contributed by atoms with Gasteiger partial charge in [0.1, 0.15) is 23.2 Å². The molecule has 2 unspecified atom stereocenters. The molecule has 2 aliphatic heterocycles. The maximum atomic E-state index is 13.6. The summed E-state index contributed by atoms with van der Waals surface area (Å²) in [5.41, 5.74) is 0.726. The first-order valence-corrected chi connectivity index (χ1v) is 17.6. The van der Waals surface area contributed by atoms with E-state index in [4.69, 9.17) is 28.4 Å². The lowest BCUT2D eigenvalue weighted by Gasteiger charge is -2.22. The summed E-state index contributed by atoms with van der Waals surface area (Å²) in [5.74, 6) is -2.85. The number of benzene rings is 2. The van der Waals surface area contributed by atoms with Crippen molar-refractivity contribution in [3.05, 3.63) is 103 Å². The van der Waals surface area contributed by atoms with Gasteiger partial charge < -0.3 is 28.4 Å². The van der Waals surface area contributed by atoms with E-state index in [1.54, 1.807) is 13.8 Å². The van der Waals surface area contributed by atoms with E-state index in [1.807, 2.05) is 0 Å². The topological polar surface area (TPSA) is 216 Å². The molecule has 0 saturated heterocycles. The minimum Gasteiger partial charge on any atom is -0.493 e. The first-order valence-electron chi connectivity index (χ1n) is 17.6. The summed E-state index contributed by atoms with van der Waals surface area (Å²) < 4.78 is 32.1. The van der Waals surface area contributed by atoms with Crippen molar-refractivity contribution in [3.8, 4) is 23.0 Å². The van der Waals surface area contributed by atoms with Crippen molar-refractivity contribution in [2.75, 3.05) is 41.7 Å². The molecule has 0 fully saturated rings. The van der Waals surface area contributed by atoms with Crippen molar-refractivity contribution < 1.29 is 57.4 Å². The van der Waals surface area contributed by atoms with Crippen LogP contribution in [0.1, 0.15) is 66.7 Å². The summed E-state index contributed by atoms with van der Waals surface area (Å²) in [6.45, 7) is 11.3. The second-order valence-electron chi connectivity index (χ2n) is 13.1. The van der Waals surface area contributed by atoms with E-state index in [0.717, 1.165) is 21.9 Å². The number of rotatable bonds is 18. The molecule has 0 radical (unpaired) electrons. The highest BCUT2D eigenvalue weighted by Crippen LogP contribution is 2.39. The molecule has 2 heterocycles. The van der Waals surface area contributed by atoms with Crippen molar-refractivity contribution in [2.45, 2.75) is 58.0 Å². The van der Waals surface area contributed by atoms with Gasteiger partial charge in [-0.15, -0.1) is 0 Å². The molecule has 2 aromatic carbocycles. The zero-order valence-corrected chi connectivity index (χ0v) is 32.5. The molecule has 0 saturated carbocycles. The zero-order chi connectivity index (χ0) is 42.1. The molecule has 2 aromatic rings. The number of nitro benzene ring substituents is 2. The molecule has 304 valence electrons. The molecule has 2 aliphatic rings. The van der Waals surface area contributed by atoms with Crippen LogP contribution < -0.4 is 18.9 Å². The lowest BCUT2D eigenvalue weighted by Crippen LogP contribution is -2.39. The number of esters is 2. The average molecular weight is 793 g/mol. The minimum absolute atomic E-state index is 0.0194. The first-order chi connectivity index (χ1) is 27.1. The van der Waals surface area contributed by atoms with E-state index >= 15 is 0 Å². The Balaban J connectivity index is 1.41. The van der Waals surface area contributed by atoms with Crippen molar-refractivity contribution in [1.29, 1.82) is 0 Å². The predicted molar refractivity (Wildman–Crippen MR) is 203 cm³/mol. The van der Waals surface area contributed by atoms with E-state index in [2.05, 4.69) is 13.2 Å². The lowest BCUT2D eigenvalue weighted by atomic mass is 10.1. The Morgan fingerprint density at radius 3 is 1.32 bits per heavy atom. The van der Waals surface area contributed by atoms with Crippen LogP contribution >= 0.6 is 0 Å². The molecular weight excluding hydrogens is 748 g/mol. The van der Waals surface area contributed by atoms with Crippen LogP contribution in [0, 0.1) is 20.2 Å². The van der Waals surface area contributed by atoms with E-state index < -0.39 is 57.1 Å². The van der Waals surface area contributed by atoms with Crippen LogP contribution in [-0.4, -0.2) is 97.1 Å². The SMILES string of the molecule is C=C(C)C1=CN(C(=O)c2cc(OC)c(OCCCCCOc3cc([N+](=O)[O-])c(C(=O)N4C=C(C(=C)C)CC4C(=O)OC)cc3OC)cc2[N+](=O)[O-])C(C(=O)OC)C1. The van der Waals surface area contributed by atoms with Crippen LogP contribution in [0.15, 0.2) is 72.1 Å². The average Bonchev–Trinajstić information content (AvgIpc) is 3.85. The summed E-state index contributed by atoms with van der Waals surface area (Å²) >= 11 is 0. The summed E-state index contributed by atoms with van der Waals surface area (Å²) in [5, 5.41) is 24.2. The second-order valence-corrected chi connectivity index (χ2v) is 13.1. The number of nitrogens with zero attached hydrogens (tertiary/aromatic N) is 4. The Bertz CT molecular complexity index is 1910. The fourth-order valence-corrected chi connectivity index (χ4v) is 6.18. The Kier molecular flexibility index (Phi) is 14.1. The summed E-state index contributed by atoms with van der Waals surface area (Å²) in [6.07, 6.45) is 4.57. The molecule has 0 bridgehead atoms. The zero-order valence-electron chi connectivity index (χ0n) is 32.5. The smallest absolute Gasteiger partial charge is 0.329 e. The highest BCUT2D eigenvalue weighted by molar-refractivity contribution is 6.03. The van der Waals surface area contributed by atoms with Gasteiger partial charge in [0.25, 0.3) is 23.2 Å². The van der Waals surface area contributed by atoms with Crippen LogP contribution in [0.5, 0.6) is 23.0 Å². The molecule has 0 aliphatic carbocycles. The van der Waals surface area contributed by atoms with Crippen molar-refractivity contribution in [2.24, 2.45) is 0 Å². The number of methoxy groups -OCH3 is 4. The molecule has 2 atom stereocenters. The number of amides is 2. The fraction of sp³-hybridized carbons (Fsp3) is 0.385. The molecule has 4 rings (SSSR count). The maximum Gasteiger partial charge on any atom is 0.329 e. The highest BCUT2D eigenvalue weighted by Gasteiger charge is 2.40. The van der Waals surface area contributed by atoms with Crippen LogP contribution in [-0.2, 0) is 19.1 Å². The van der Waals surface area contributed by atoms with Gasteiger partial charge in [0.2, 0.25) is 0 Å². The molecule has 18 heteroatoms. The molecule has 0 spiro atoms. The number of hydrogen-bond donors (Lipinski definition) is 0. The number of carbonyl (C=O) groups excluding carboxylic acids is 4. The molecule has 57 heavy (non-hydrogen) atoms. The van der Waals surface area contributed by atoms with Crippen LogP contribution in [0.3, 0.4) is 0 Å². The van der Waals surface area contributed by atoms with Gasteiger partial charge in [-0.3, -0.25) is 39.6 Å². The van der Waals surface area contributed by atoms with Gasteiger partial charge in [0.15, 0.2) is 23.0 Å². The third-order valence-corrected chi connectivity index (χ3v) is 9.32. The normalized spacial score (nSPS) is 15.9. The number of unbranched alkanes of at least 4 members (excludes halogenated alkanes) is 2. The number of hydrogen-bond acceptors (Lipinski definition) is 14. The number of allylic oxidation sites excluding steroid dienone is 2. The Labute approximate surface area is 328 Å². The van der Waals surface area contributed by atoms with Gasteiger partial charge in [-0.25, -0.2) is 9.59 Å². The van der Waals surface area contributed by atoms with Gasteiger partial charge in [0, 0.05) is 37.4 Å². The first kappa shape index (κ1) is 43.0. The summed E-state index contributed by atoms with van der Waals surface area (Å²) in [4.78, 5) is 77.2. The summed E-state index contributed by atoms with van der Waals surface area (Å²) in [6, 6.07) is 2.49. The van der Waals surface area contributed by atoms with Gasteiger partial charge in [0.05, 0.1) is 63.6 Å². The van der Waals surface area contributed by atoms with Crippen molar-refractivity contribution in [1.82, 2.24) is 9.80 Å². The van der Waals surface area contributed by atoms with E-state index in [0.29, 0.717) is 41.6 Å². The standard InChI is InChI=1S/C39H44N4O14/c1-22(2)24-14-30(38(46)54-7)40(20-24)36(44)26-16-32(52-5)34(18-28(26)42(48)49)56-12-10-9-11-13-57-35-19-29(43(50)51)27(17-33(35)53-6)37(45)41-21-25(23(3)4)15-31(41)39(47)55-8/h16-21,30-31H,1,3,9-15H2,2,4-8H3. The molecular formula is C39H44N4O14. The van der Waals surface area contributed by atoms with E-state index in [1.165, 1.54) is 53.0 Å². The van der Waals surface area contributed by atoms with Crippen LogP contribution in [0.25, 0.3) is 0 Å². The monoisotopic (exact) mass is 792 g/mol. The Hall–Kier alpha value is -6.72. The second kappa shape index (κ2) is 18.7. The largest absolute Gasteiger partial charge is 0.493 e. The van der Waals surface area contributed by atoms with E-state index in [9.17, 15) is 39.4 Å². The molecule has 0 N–H and O–H groups in total. The van der Waals surface area contributed by atoms with Crippen molar-refractivity contribution >= 4 is 35.1 Å². The highest BCUT2D eigenvalue weighted by atomic mass is 16.6. The van der Waals surface area contributed by atoms with Crippen LogP contribution in [0.4, 0.5) is 11.4 Å². The Morgan fingerprint density at radius 2 is 1.02 bits per heavy atom. The number of ether oxygens (including phenoxy) is 6. The minimum atomic E-state index is -1.03. The fourth-order valence-electron chi connectivity index (χ4n) is 6.18. The predicted octanol–water partition coefficient (Wildman–Crippen LogP) is 5.84. The third-order valence-electron chi connectivity index (χ3n) is 9.32. The quantitative estimate of drug-likeness (QED) is 0.0750. The van der Waals surface area contributed by atoms with Gasteiger partial charge >= 0.3 is 11.9 Å². The molecule has 2 amide bonds. The summed E-state index contributed by atoms with van der Waals surface area (Å²) in [7, 11) is 4.99. The Morgan fingerprint density at radius 1 is 0.649 bits per heavy atom. The van der Waals surface area contributed by atoms with Crippen LogP contribution in [0.2, 0.25) is 0 Å². The van der Waals surface area contributed by atoms with Gasteiger partial charge in [-0.05, 0) is 44.3 Å². The van der Waals surface area contributed by atoms with Gasteiger partial charge in [-0.1, -0.05) is 24.3 Å². The maximum absolute atomic E-state index is 13.6.